The molecule has 1 fully saturated rings. The first-order chi connectivity index (χ1) is 12.2. The zero-order valence-corrected chi connectivity index (χ0v) is 16.2. The molecule has 4 heteroatoms. The molecule has 1 aliphatic heterocycles. The molecule has 2 N–H and O–H groups in total. The molecule has 0 spiro atoms. The maximum atomic E-state index is 13.3. The fourth-order valence-corrected chi connectivity index (χ4v) is 4.00. The van der Waals surface area contributed by atoms with Crippen LogP contribution in [0.2, 0.25) is 0 Å². The highest BCUT2D eigenvalue weighted by Crippen LogP contribution is 2.34. The number of nitrogens with two attached hydrogens (primary N) is 1. The summed E-state index contributed by atoms with van der Waals surface area (Å²) in [6.45, 7) is 4.30. The van der Waals surface area contributed by atoms with Gasteiger partial charge in [0.05, 0.1) is 5.92 Å². The monoisotopic (exact) mass is 372 g/mol. The molecule has 140 valence electrons. The summed E-state index contributed by atoms with van der Waals surface area (Å²) in [5.41, 5.74) is 8.45. The topological polar surface area (TPSA) is 46.3 Å². The molecule has 0 radical (unpaired) electrons. The molecule has 3 atom stereocenters. The molecular formula is C22H29ClN2O. The number of rotatable bonds is 6. The van der Waals surface area contributed by atoms with Gasteiger partial charge in [0, 0.05) is 19.0 Å². The maximum Gasteiger partial charge on any atom is 0.230 e. The van der Waals surface area contributed by atoms with Crippen LogP contribution in [0.1, 0.15) is 42.7 Å². The van der Waals surface area contributed by atoms with E-state index in [9.17, 15) is 4.79 Å². The van der Waals surface area contributed by atoms with Gasteiger partial charge in [-0.15, -0.1) is 12.4 Å². The Morgan fingerprint density at radius 3 is 2.27 bits per heavy atom. The predicted octanol–water partition coefficient (Wildman–Crippen LogP) is 4.19. The van der Waals surface area contributed by atoms with Gasteiger partial charge < -0.3 is 10.6 Å². The summed E-state index contributed by atoms with van der Waals surface area (Å²) in [7, 11) is 0. The standard InChI is InChI=1S/C22H28N2O.ClH/c1-2-9-20(17-10-5-3-6-11-17)22(25)24-15-19(14-23)21(16-24)18-12-7-4-8-13-18;/h3-8,10-13,19-21H,2,9,14-16,23H2,1H3;1H/t19-,20?,21+;/m1./s1. The number of benzene rings is 2. The summed E-state index contributed by atoms with van der Waals surface area (Å²) >= 11 is 0. The van der Waals surface area contributed by atoms with Crippen molar-refractivity contribution in [3.63, 3.8) is 0 Å². The highest BCUT2D eigenvalue weighted by Gasteiger charge is 2.37. The van der Waals surface area contributed by atoms with Gasteiger partial charge in [0.2, 0.25) is 5.91 Å². The van der Waals surface area contributed by atoms with E-state index in [1.54, 1.807) is 0 Å². The molecule has 3 rings (SSSR count). The molecular weight excluding hydrogens is 344 g/mol. The van der Waals surface area contributed by atoms with Crippen LogP contribution in [-0.4, -0.2) is 30.4 Å². The van der Waals surface area contributed by atoms with Crippen molar-refractivity contribution in [2.45, 2.75) is 31.6 Å². The maximum absolute atomic E-state index is 13.3. The molecule has 0 aromatic heterocycles. The van der Waals surface area contributed by atoms with Crippen molar-refractivity contribution >= 4 is 18.3 Å². The van der Waals surface area contributed by atoms with Gasteiger partial charge in [-0.05, 0) is 30.0 Å². The molecule has 1 amide bonds. The van der Waals surface area contributed by atoms with Crippen molar-refractivity contribution in [2.75, 3.05) is 19.6 Å². The van der Waals surface area contributed by atoms with Crippen LogP contribution in [-0.2, 0) is 4.79 Å². The molecule has 3 nitrogen and oxygen atoms in total. The van der Waals surface area contributed by atoms with Crippen LogP contribution >= 0.6 is 12.4 Å². The van der Waals surface area contributed by atoms with Crippen molar-refractivity contribution in [1.82, 2.24) is 4.90 Å². The first kappa shape index (κ1) is 20.5. The van der Waals surface area contributed by atoms with Crippen LogP contribution in [0.25, 0.3) is 0 Å². The quantitative estimate of drug-likeness (QED) is 0.826. The average molecular weight is 373 g/mol. The van der Waals surface area contributed by atoms with Crippen LogP contribution in [0.3, 0.4) is 0 Å². The number of hydrogen-bond acceptors (Lipinski definition) is 2. The van der Waals surface area contributed by atoms with E-state index >= 15 is 0 Å². The van der Waals surface area contributed by atoms with Gasteiger partial charge in [-0.2, -0.15) is 0 Å². The van der Waals surface area contributed by atoms with Crippen molar-refractivity contribution in [1.29, 1.82) is 0 Å². The summed E-state index contributed by atoms with van der Waals surface area (Å²) in [6.07, 6.45) is 1.89. The number of amides is 1. The summed E-state index contributed by atoms with van der Waals surface area (Å²) in [6, 6.07) is 20.7. The minimum absolute atomic E-state index is 0. The van der Waals surface area contributed by atoms with E-state index < -0.39 is 0 Å². The van der Waals surface area contributed by atoms with E-state index in [2.05, 4.69) is 43.3 Å². The van der Waals surface area contributed by atoms with Crippen LogP contribution in [0, 0.1) is 5.92 Å². The smallest absolute Gasteiger partial charge is 0.230 e. The minimum atomic E-state index is -0.0425. The SMILES string of the molecule is CCCC(C(=O)N1C[C@@H](CN)[C@H](c2ccccc2)C1)c1ccccc1.Cl. The Morgan fingerprint density at radius 1 is 1.08 bits per heavy atom. The first-order valence-corrected chi connectivity index (χ1v) is 9.33. The highest BCUT2D eigenvalue weighted by atomic mass is 35.5. The molecule has 2 aromatic carbocycles. The first-order valence-electron chi connectivity index (χ1n) is 9.33. The third kappa shape index (κ3) is 4.46. The van der Waals surface area contributed by atoms with Crippen LogP contribution in [0.4, 0.5) is 0 Å². The van der Waals surface area contributed by atoms with E-state index in [-0.39, 0.29) is 24.2 Å². The van der Waals surface area contributed by atoms with Gasteiger partial charge in [0.25, 0.3) is 0 Å². The predicted molar refractivity (Wildman–Crippen MR) is 110 cm³/mol. The lowest BCUT2D eigenvalue weighted by Crippen LogP contribution is -2.34. The zero-order chi connectivity index (χ0) is 17.6. The lowest BCUT2D eigenvalue weighted by Gasteiger charge is -2.24. The second-order valence-electron chi connectivity index (χ2n) is 7.01. The average Bonchev–Trinajstić information content (AvgIpc) is 3.11. The lowest BCUT2D eigenvalue weighted by molar-refractivity contribution is -0.132. The molecule has 1 heterocycles. The number of carbonyl (C=O) groups excluding carboxylic acids is 1. The Kier molecular flexibility index (Phi) is 7.67. The summed E-state index contributed by atoms with van der Waals surface area (Å²) < 4.78 is 0. The molecule has 0 saturated carbocycles. The van der Waals surface area contributed by atoms with Crippen molar-refractivity contribution in [3.8, 4) is 0 Å². The van der Waals surface area contributed by atoms with Crippen molar-refractivity contribution in [2.24, 2.45) is 11.7 Å². The van der Waals surface area contributed by atoms with E-state index in [4.69, 9.17) is 5.73 Å². The third-order valence-electron chi connectivity index (χ3n) is 5.36. The normalized spacial score (nSPS) is 20.5. The summed E-state index contributed by atoms with van der Waals surface area (Å²) in [5, 5.41) is 0. The number of likely N-dealkylation sites (tertiary alicyclic amines) is 1. The van der Waals surface area contributed by atoms with E-state index in [1.165, 1.54) is 5.56 Å². The van der Waals surface area contributed by atoms with Gasteiger partial charge in [-0.1, -0.05) is 74.0 Å². The van der Waals surface area contributed by atoms with E-state index in [0.717, 1.165) is 31.5 Å². The number of halogens is 1. The number of carbonyl (C=O) groups is 1. The van der Waals surface area contributed by atoms with Crippen LogP contribution < -0.4 is 5.73 Å². The van der Waals surface area contributed by atoms with Gasteiger partial charge >= 0.3 is 0 Å². The molecule has 1 aliphatic rings. The van der Waals surface area contributed by atoms with Crippen LogP contribution in [0.15, 0.2) is 60.7 Å². The Bertz CT molecular complexity index is 677. The summed E-state index contributed by atoms with van der Waals surface area (Å²) in [5.74, 6) is 0.890. The Hall–Kier alpha value is -1.84. The third-order valence-corrected chi connectivity index (χ3v) is 5.36. The second-order valence-corrected chi connectivity index (χ2v) is 7.01. The fourth-order valence-electron chi connectivity index (χ4n) is 4.00. The lowest BCUT2D eigenvalue weighted by atomic mass is 9.89. The number of hydrogen-bond donors (Lipinski definition) is 1. The molecule has 2 aromatic rings. The van der Waals surface area contributed by atoms with Gasteiger partial charge in [-0.25, -0.2) is 0 Å². The highest BCUT2D eigenvalue weighted by molar-refractivity contribution is 5.85. The molecule has 1 unspecified atom stereocenters. The fraction of sp³-hybridized carbons (Fsp3) is 0.409. The van der Waals surface area contributed by atoms with Crippen molar-refractivity contribution < 1.29 is 4.79 Å². The molecule has 0 bridgehead atoms. The van der Waals surface area contributed by atoms with E-state index in [1.807, 2.05) is 29.2 Å². The van der Waals surface area contributed by atoms with Gasteiger partial charge in [-0.3, -0.25) is 4.79 Å². The minimum Gasteiger partial charge on any atom is -0.341 e. The van der Waals surface area contributed by atoms with Gasteiger partial charge in [0.1, 0.15) is 0 Å². The second kappa shape index (κ2) is 9.75. The van der Waals surface area contributed by atoms with E-state index in [0.29, 0.717) is 18.4 Å². The largest absolute Gasteiger partial charge is 0.341 e. The number of nitrogens with zero attached hydrogens (tertiary/aromatic N) is 1. The molecule has 26 heavy (non-hydrogen) atoms. The Morgan fingerprint density at radius 2 is 1.69 bits per heavy atom. The summed E-state index contributed by atoms with van der Waals surface area (Å²) in [4.78, 5) is 15.3. The molecule has 1 saturated heterocycles. The Labute approximate surface area is 163 Å². The zero-order valence-electron chi connectivity index (χ0n) is 15.4. The Balaban J connectivity index is 0.00000243. The van der Waals surface area contributed by atoms with Gasteiger partial charge in [0.15, 0.2) is 0 Å². The van der Waals surface area contributed by atoms with Crippen molar-refractivity contribution in [3.05, 3.63) is 71.8 Å². The molecule has 0 aliphatic carbocycles. The van der Waals surface area contributed by atoms with Crippen LogP contribution in [0.5, 0.6) is 0 Å².